The molecule has 3 aromatic carbocycles. The van der Waals surface area contributed by atoms with E-state index in [1.54, 1.807) is 12.1 Å². The van der Waals surface area contributed by atoms with Crippen LogP contribution in [0.3, 0.4) is 0 Å². The van der Waals surface area contributed by atoms with Gasteiger partial charge in [0.15, 0.2) is 0 Å². The van der Waals surface area contributed by atoms with Crippen LogP contribution in [0.15, 0.2) is 54.6 Å². The van der Waals surface area contributed by atoms with Crippen molar-refractivity contribution in [2.45, 2.75) is 25.1 Å². The van der Waals surface area contributed by atoms with E-state index in [0.29, 0.717) is 23.3 Å². The van der Waals surface area contributed by atoms with E-state index in [1.165, 1.54) is 24.3 Å². The molecule has 0 spiro atoms. The molecule has 4 heterocycles. The van der Waals surface area contributed by atoms with E-state index in [1.807, 2.05) is 18.2 Å². The predicted octanol–water partition coefficient (Wildman–Crippen LogP) is 5.02. The van der Waals surface area contributed by atoms with Crippen LogP contribution in [0.2, 0.25) is 0 Å². The molecule has 3 aliphatic rings. The second-order valence-corrected chi connectivity index (χ2v) is 9.99. The molecule has 0 aliphatic carbocycles. The summed E-state index contributed by atoms with van der Waals surface area (Å²) in [6.07, 6.45) is 3.01. The molecule has 8 heteroatoms. The molecule has 7 rings (SSSR count). The van der Waals surface area contributed by atoms with Crippen molar-refractivity contribution in [1.82, 2.24) is 14.5 Å². The molecule has 2 saturated heterocycles. The molecule has 4 aromatic rings. The van der Waals surface area contributed by atoms with E-state index >= 15 is 0 Å². The highest BCUT2D eigenvalue weighted by Gasteiger charge is 2.36. The molecule has 2 fully saturated rings. The number of hydrogen-bond acceptors (Lipinski definition) is 5. The van der Waals surface area contributed by atoms with Gasteiger partial charge in [0, 0.05) is 36.3 Å². The lowest BCUT2D eigenvalue weighted by Crippen LogP contribution is -2.40. The average molecular weight is 501 g/mol. The molecule has 0 saturated carbocycles. The van der Waals surface area contributed by atoms with Gasteiger partial charge >= 0.3 is 0 Å². The Hall–Kier alpha value is -3.75. The molecule has 37 heavy (non-hydrogen) atoms. The van der Waals surface area contributed by atoms with Crippen molar-refractivity contribution in [2.24, 2.45) is 0 Å². The van der Waals surface area contributed by atoms with Crippen molar-refractivity contribution in [1.29, 1.82) is 0 Å². The summed E-state index contributed by atoms with van der Waals surface area (Å²) in [5.74, 6) is 0.220. The molecule has 188 valence electrons. The van der Waals surface area contributed by atoms with Gasteiger partial charge < -0.3 is 19.8 Å². The summed E-state index contributed by atoms with van der Waals surface area (Å²) in [6, 6.07) is 15.9. The lowest BCUT2D eigenvalue weighted by molar-refractivity contribution is 0.0128. The Morgan fingerprint density at radius 1 is 0.973 bits per heavy atom. The monoisotopic (exact) mass is 500 g/mol. The summed E-state index contributed by atoms with van der Waals surface area (Å²) in [6.45, 7) is 3.59. The number of nitrogens with zero attached hydrogens (tertiary/aromatic N) is 3. The van der Waals surface area contributed by atoms with E-state index in [9.17, 15) is 8.78 Å². The number of rotatable bonds is 2. The standard InChI is InChI=1S/C29H26F2N4O2/c30-19-2-4-23-18(11-19)15-37-28-12-20(31)3-5-24(28)25(23)9-17-1-6-27-26(10-17)33-29(32)35(27)21-13-22-16-36-8-7-34(22)14-21/h1-6,9-12,21-22H,7-8,13-16H2,(H2,32,33)/b25-9+/t21-,22-/m1/s1. The molecule has 0 unspecified atom stereocenters. The third kappa shape index (κ3) is 3.88. The summed E-state index contributed by atoms with van der Waals surface area (Å²) in [5.41, 5.74) is 12.3. The molecular formula is C29H26F2N4O2. The van der Waals surface area contributed by atoms with Gasteiger partial charge in [0.2, 0.25) is 5.95 Å². The maximum Gasteiger partial charge on any atom is 0.201 e. The number of hydrogen-bond donors (Lipinski definition) is 1. The third-order valence-corrected chi connectivity index (χ3v) is 7.73. The summed E-state index contributed by atoms with van der Waals surface area (Å²) in [7, 11) is 0. The van der Waals surface area contributed by atoms with Crippen LogP contribution >= 0.6 is 0 Å². The minimum absolute atomic E-state index is 0.158. The van der Waals surface area contributed by atoms with Crippen molar-refractivity contribution < 1.29 is 18.3 Å². The first-order chi connectivity index (χ1) is 18.0. The van der Waals surface area contributed by atoms with Crippen molar-refractivity contribution >= 4 is 28.6 Å². The minimum atomic E-state index is -0.382. The van der Waals surface area contributed by atoms with Crippen molar-refractivity contribution in [2.75, 3.05) is 32.0 Å². The predicted molar refractivity (Wildman–Crippen MR) is 138 cm³/mol. The van der Waals surface area contributed by atoms with Crippen LogP contribution in [0.4, 0.5) is 14.7 Å². The van der Waals surface area contributed by atoms with Crippen LogP contribution in [0.25, 0.3) is 22.7 Å². The summed E-state index contributed by atoms with van der Waals surface area (Å²) >= 11 is 0. The van der Waals surface area contributed by atoms with E-state index in [4.69, 9.17) is 20.2 Å². The second kappa shape index (κ2) is 8.68. The van der Waals surface area contributed by atoms with Gasteiger partial charge in [-0.05, 0) is 65.6 Å². The number of ether oxygens (including phenoxy) is 2. The van der Waals surface area contributed by atoms with Gasteiger partial charge in [-0.1, -0.05) is 12.1 Å². The molecule has 2 atom stereocenters. The molecule has 0 radical (unpaired) electrons. The van der Waals surface area contributed by atoms with Gasteiger partial charge in [-0.25, -0.2) is 13.8 Å². The van der Waals surface area contributed by atoms with E-state index in [0.717, 1.165) is 66.0 Å². The second-order valence-electron chi connectivity index (χ2n) is 9.99. The number of benzene rings is 3. The van der Waals surface area contributed by atoms with Crippen LogP contribution in [-0.2, 0) is 11.3 Å². The number of anilines is 1. The first-order valence-electron chi connectivity index (χ1n) is 12.6. The van der Waals surface area contributed by atoms with Gasteiger partial charge in [0.25, 0.3) is 0 Å². The Balaban J connectivity index is 1.31. The Labute approximate surface area is 212 Å². The number of nitrogen functional groups attached to an aromatic ring is 1. The fourth-order valence-corrected chi connectivity index (χ4v) is 6.01. The minimum Gasteiger partial charge on any atom is -0.488 e. The van der Waals surface area contributed by atoms with Crippen molar-refractivity contribution in [3.05, 3.63) is 88.5 Å². The molecule has 6 nitrogen and oxygen atoms in total. The van der Waals surface area contributed by atoms with Gasteiger partial charge in [-0.3, -0.25) is 4.90 Å². The van der Waals surface area contributed by atoms with Gasteiger partial charge in [0.1, 0.15) is 24.0 Å². The molecular weight excluding hydrogens is 474 g/mol. The van der Waals surface area contributed by atoms with Gasteiger partial charge in [-0.2, -0.15) is 0 Å². The zero-order valence-corrected chi connectivity index (χ0v) is 20.2. The van der Waals surface area contributed by atoms with E-state index in [-0.39, 0.29) is 24.3 Å². The lowest BCUT2D eigenvalue weighted by atomic mass is 9.92. The van der Waals surface area contributed by atoms with Crippen LogP contribution in [0, 0.1) is 11.6 Å². The maximum absolute atomic E-state index is 14.0. The summed E-state index contributed by atoms with van der Waals surface area (Å²) in [5, 5.41) is 0. The smallest absolute Gasteiger partial charge is 0.201 e. The Morgan fingerprint density at radius 2 is 1.81 bits per heavy atom. The van der Waals surface area contributed by atoms with Crippen molar-refractivity contribution in [3.8, 4) is 5.75 Å². The van der Waals surface area contributed by atoms with E-state index < -0.39 is 0 Å². The third-order valence-electron chi connectivity index (χ3n) is 7.73. The van der Waals surface area contributed by atoms with Gasteiger partial charge in [-0.15, -0.1) is 0 Å². The zero-order chi connectivity index (χ0) is 25.1. The fourth-order valence-electron chi connectivity index (χ4n) is 6.01. The molecule has 3 aliphatic heterocycles. The Bertz CT molecular complexity index is 1490. The topological polar surface area (TPSA) is 65.5 Å². The molecule has 2 N–H and O–H groups in total. The van der Waals surface area contributed by atoms with Gasteiger partial charge in [0.05, 0.1) is 30.3 Å². The molecule has 0 bridgehead atoms. The first-order valence-corrected chi connectivity index (χ1v) is 12.6. The zero-order valence-electron chi connectivity index (χ0n) is 20.2. The highest BCUT2D eigenvalue weighted by Crippen LogP contribution is 2.39. The summed E-state index contributed by atoms with van der Waals surface area (Å²) < 4.78 is 41.8. The van der Waals surface area contributed by atoms with Crippen LogP contribution in [-0.4, -0.2) is 46.8 Å². The van der Waals surface area contributed by atoms with Crippen LogP contribution < -0.4 is 10.5 Å². The molecule has 0 amide bonds. The van der Waals surface area contributed by atoms with Crippen LogP contribution in [0.1, 0.15) is 34.7 Å². The quantitative estimate of drug-likeness (QED) is 0.419. The number of imidazole rings is 1. The number of fused-ring (bicyclic) bond motifs is 4. The number of morpholine rings is 1. The number of halogens is 2. The average Bonchev–Trinajstić information content (AvgIpc) is 3.41. The van der Waals surface area contributed by atoms with E-state index in [2.05, 4.69) is 15.5 Å². The van der Waals surface area contributed by atoms with Crippen molar-refractivity contribution in [3.63, 3.8) is 0 Å². The molecule has 1 aromatic heterocycles. The number of nitrogens with two attached hydrogens (primary N) is 1. The Kier molecular flexibility index (Phi) is 5.26. The normalized spacial score (nSPS) is 22.4. The summed E-state index contributed by atoms with van der Waals surface area (Å²) in [4.78, 5) is 7.18. The SMILES string of the molecule is Nc1nc2cc(/C=C3\c4ccc(F)cc4COc4cc(F)ccc43)ccc2n1[C@@H]1C[C@@H]2COCCN2C1. The largest absolute Gasteiger partial charge is 0.488 e. The fraction of sp³-hybridized carbons (Fsp3) is 0.276. The highest BCUT2D eigenvalue weighted by atomic mass is 19.1. The highest BCUT2D eigenvalue weighted by molar-refractivity contribution is 5.96. The number of aromatic nitrogens is 2. The first kappa shape index (κ1) is 22.4. The van der Waals surface area contributed by atoms with Crippen LogP contribution in [0.5, 0.6) is 5.75 Å². The maximum atomic E-state index is 14.0. The lowest BCUT2D eigenvalue weighted by Gasteiger charge is -2.28. The Morgan fingerprint density at radius 3 is 2.68 bits per heavy atom.